The number of rotatable bonds is 0. The van der Waals surface area contributed by atoms with Crippen molar-refractivity contribution < 1.29 is 17.4 Å². The number of hydrogen-bond acceptors (Lipinski definition) is 2. The maximum absolute atomic E-state index is 9.67. The molecule has 0 rings (SSSR count). The summed E-state index contributed by atoms with van der Waals surface area (Å²) in [6.45, 7) is -3.67. The molecule has 6 heteroatoms. The monoisotopic (exact) mass is 133 g/mol. The molecule has 0 aliphatic carbocycles. The van der Waals surface area contributed by atoms with E-state index in [2.05, 4.69) is 0 Å². The molecule has 0 aromatic carbocycles. The molecule has 0 aromatic rings. The molecule has 0 bridgehead atoms. The van der Waals surface area contributed by atoms with Crippen LogP contribution in [0, 0.1) is 4.78 Å². The van der Waals surface area contributed by atoms with E-state index in [1.165, 1.54) is 0 Å². The quantitative estimate of drug-likeness (QED) is 0.528. The molecule has 0 amide bonds. The lowest BCUT2D eigenvalue weighted by Gasteiger charge is -1.65. The van der Waals surface area contributed by atoms with E-state index >= 15 is 0 Å². The zero-order chi connectivity index (χ0) is 6.28. The molecule has 0 radical (unpaired) electrons. The van der Waals surface area contributed by atoms with Gasteiger partial charge < -0.3 is 0 Å². The van der Waals surface area contributed by atoms with Crippen molar-refractivity contribution in [2.75, 3.05) is 0 Å². The average molecular weight is 133 g/mol. The summed E-state index contributed by atoms with van der Waals surface area (Å²) in [4.78, 5) is 0. The van der Waals surface area contributed by atoms with Gasteiger partial charge in [-0.1, -0.05) is 0 Å². The molecule has 0 atom stereocenters. The van der Waals surface area contributed by atoms with Crippen LogP contribution >= 0.6 is 0 Å². The minimum atomic E-state index is -3.67. The summed E-state index contributed by atoms with van der Waals surface area (Å²) in [5, 5.41) is 0. The van der Waals surface area contributed by atoms with Crippen LogP contribution in [0.2, 0.25) is 0 Å². The molecule has 0 heterocycles. The first-order valence-corrected chi connectivity index (χ1v) is 1.77. The second kappa shape index (κ2) is 9.15. The van der Waals surface area contributed by atoms with Crippen LogP contribution in [0.4, 0.5) is 13.2 Å². The Hall–Kier alpha value is -0.390. The highest BCUT2D eigenvalue weighted by molar-refractivity contribution is 7.53. The van der Waals surface area contributed by atoms with Gasteiger partial charge in [0.2, 0.25) is 0 Å². The van der Waals surface area contributed by atoms with Gasteiger partial charge in [0.25, 0.3) is 0 Å². The van der Waals surface area contributed by atoms with E-state index in [4.69, 9.17) is 8.99 Å². The first-order valence-electron chi connectivity index (χ1n) is 1.03. The minimum Gasteiger partial charge on any atom is -0.210 e. The number of halogens is 3. The lowest BCUT2D eigenvalue weighted by atomic mass is 11.6. The predicted octanol–water partition coefficient (Wildman–Crippen LogP) is 1.14. The van der Waals surface area contributed by atoms with E-state index in [0.717, 1.165) is 0 Å². The highest BCUT2D eigenvalue weighted by atomic mass is 32.1. The average Bonchev–Trinajstić information content (AvgIpc) is 1.33. The molecule has 0 saturated carbocycles. The molecule has 1 N–H and O–H groups in total. The Balaban J connectivity index is 0. The second-order valence-corrected chi connectivity index (χ2v) is 0.497. The van der Waals surface area contributed by atoms with Gasteiger partial charge in [0, 0.05) is 0 Å². The van der Waals surface area contributed by atoms with Gasteiger partial charge in [0.15, 0.2) is 11.5 Å². The minimum absolute atomic E-state index is 0.250. The summed E-state index contributed by atoms with van der Waals surface area (Å²) in [7, 11) is 0. The van der Waals surface area contributed by atoms with Crippen molar-refractivity contribution >= 4 is 11.5 Å². The Labute approximate surface area is 41.4 Å². The third kappa shape index (κ3) is 481. The highest BCUT2D eigenvalue weighted by Gasteiger charge is 1.86. The summed E-state index contributed by atoms with van der Waals surface area (Å²) in [5.41, 5.74) is 0. The van der Waals surface area contributed by atoms with E-state index in [0.29, 0.717) is 0 Å². The number of nitrogens with one attached hydrogen (secondary N) is 1. The molecule has 44 valence electrons. The number of hydrogen-bond donors (Lipinski definition) is 1. The van der Waals surface area contributed by atoms with Crippen molar-refractivity contribution in [1.82, 2.24) is 0 Å². The first-order chi connectivity index (χ1) is 3.15. The third-order valence-corrected chi connectivity index (χ3v) is 0. The molecule has 0 aliphatic rings. The van der Waals surface area contributed by atoms with E-state index in [1.54, 1.807) is 0 Å². The fourth-order valence-electron chi connectivity index (χ4n) is 0. The Kier molecular flexibility index (Phi) is 12.8. The van der Waals surface area contributed by atoms with E-state index < -0.39 is 6.68 Å². The van der Waals surface area contributed by atoms with E-state index in [-0.39, 0.29) is 11.5 Å². The van der Waals surface area contributed by atoms with Gasteiger partial charge in [0.1, 0.15) is 0 Å². The Morgan fingerprint density at radius 1 is 1.43 bits per heavy atom. The van der Waals surface area contributed by atoms with Crippen molar-refractivity contribution in [2.45, 2.75) is 6.68 Å². The van der Waals surface area contributed by atoms with Gasteiger partial charge in [-0.15, -0.1) is 0 Å². The van der Waals surface area contributed by atoms with Crippen molar-refractivity contribution in [3.63, 3.8) is 0 Å². The third-order valence-electron chi connectivity index (χ3n) is 0. The molecular formula is CH2F3NOS. The summed E-state index contributed by atoms with van der Waals surface area (Å²) in [6.07, 6.45) is 0. The molecular weight excluding hydrogens is 131 g/mol. The summed E-state index contributed by atoms with van der Waals surface area (Å²) >= 11 is -0.250. The largest absolute Gasteiger partial charge is 0.379 e. The standard InChI is InChI=1S/CHF3.HNOS/c2-1(3)4;1-3-2/h1H;1H. The first kappa shape index (κ1) is 9.79. The van der Waals surface area contributed by atoms with Crippen LogP contribution in [-0.2, 0) is 11.5 Å². The Bertz CT molecular complexity index is 57.2. The maximum atomic E-state index is 9.67. The molecule has 0 unspecified atom stereocenters. The zero-order valence-electron chi connectivity index (χ0n) is 3.03. The normalized spacial score (nSPS) is 6.86. The Morgan fingerprint density at radius 3 is 1.43 bits per heavy atom. The van der Waals surface area contributed by atoms with Gasteiger partial charge in [0.05, 0.1) is 0 Å². The summed E-state index contributed by atoms with van der Waals surface area (Å²) in [6, 6.07) is 0. The van der Waals surface area contributed by atoms with Gasteiger partial charge in [-0.3, -0.25) is 0 Å². The predicted molar refractivity (Wildman–Crippen MR) is 18.0 cm³/mol. The van der Waals surface area contributed by atoms with Crippen LogP contribution in [0.25, 0.3) is 0 Å². The van der Waals surface area contributed by atoms with E-state index in [9.17, 15) is 13.2 Å². The molecule has 0 saturated heterocycles. The molecule has 0 aromatic heterocycles. The van der Waals surface area contributed by atoms with Gasteiger partial charge in [-0.25, -0.2) is 4.78 Å². The van der Waals surface area contributed by atoms with Crippen LogP contribution in [-0.4, -0.2) is 10.9 Å². The smallest absolute Gasteiger partial charge is 0.210 e. The molecule has 0 aliphatic heterocycles. The number of alkyl halides is 3. The fraction of sp³-hybridized carbons (Fsp3) is 1.00. The lowest BCUT2D eigenvalue weighted by Crippen LogP contribution is -1.65. The molecule has 7 heavy (non-hydrogen) atoms. The van der Waals surface area contributed by atoms with Gasteiger partial charge in [-0.05, 0) is 0 Å². The van der Waals surface area contributed by atoms with Crippen LogP contribution in [0.15, 0.2) is 0 Å². The Morgan fingerprint density at radius 2 is 1.43 bits per heavy atom. The van der Waals surface area contributed by atoms with E-state index in [1.807, 2.05) is 0 Å². The summed E-state index contributed by atoms with van der Waals surface area (Å²) < 4.78 is 43.1. The van der Waals surface area contributed by atoms with Crippen molar-refractivity contribution in [1.29, 1.82) is 4.78 Å². The van der Waals surface area contributed by atoms with Gasteiger partial charge in [-0.2, -0.15) is 17.4 Å². The van der Waals surface area contributed by atoms with Crippen molar-refractivity contribution in [3.8, 4) is 0 Å². The van der Waals surface area contributed by atoms with Crippen LogP contribution < -0.4 is 0 Å². The topological polar surface area (TPSA) is 40.9 Å². The zero-order valence-corrected chi connectivity index (χ0v) is 3.84. The lowest BCUT2D eigenvalue weighted by molar-refractivity contribution is 0.00819. The maximum Gasteiger partial charge on any atom is 0.379 e. The highest BCUT2D eigenvalue weighted by Crippen LogP contribution is 1.87. The SMILES string of the molecule is FC(F)F.N=S=O. The molecule has 0 fully saturated rings. The van der Waals surface area contributed by atoms with Crippen molar-refractivity contribution in [3.05, 3.63) is 0 Å². The van der Waals surface area contributed by atoms with Crippen molar-refractivity contribution in [2.24, 2.45) is 0 Å². The van der Waals surface area contributed by atoms with Crippen LogP contribution in [0.3, 0.4) is 0 Å². The van der Waals surface area contributed by atoms with Gasteiger partial charge >= 0.3 is 6.68 Å². The molecule has 2 nitrogen and oxygen atoms in total. The summed E-state index contributed by atoms with van der Waals surface area (Å²) in [5.74, 6) is 0. The molecule has 0 spiro atoms. The van der Waals surface area contributed by atoms with Crippen LogP contribution in [0.1, 0.15) is 0 Å². The second-order valence-electron chi connectivity index (χ2n) is 0.331. The fourth-order valence-corrected chi connectivity index (χ4v) is 0. The van der Waals surface area contributed by atoms with Crippen LogP contribution in [0.5, 0.6) is 0 Å².